The monoisotopic (exact) mass is 153 g/mol. The molecule has 0 spiro atoms. The van der Waals surface area contributed by atoms with E-state index in [0.29, 0.717) is 11.8 Å². The Labute approximate surface area is 67.4 Å². The molecule has 62 valence electrons. The molecule has 3 nitrogen and oxygen atoms in total. The first-order chi connectivity index (χ1) is 5.15. The Hall–Kier alpha value is -0.860. The van der Waals surface area contributed by atoms with Crippen LogP contribution in [0.1, 0.15) is 19.8 Å². The van der Waals surface area contributed by atoms with Crippen molar-refractivity contribution < 1.29 is 0 Å². The Kier molecular flexibility index (Phi) is 2.27. The highest BCUT2D eigenvalue weighted by Crippen LogP contribution is 2.33. The van der Waals surface area contributed by atoms with Gasteiger partial charge in [-0.1, -0.05) is 6.92 Å². The number of nitrogens with zero attached hydrogens (tertiary/aromatic N) is 1. The largest absolute Gasteiger partial charge is 0.325 e. The first-order valence-corrected chi connectivity index (χ1v) is 3.97. The summed E-state index contributed by atoms with van der Waals surface area (Å²) in [5, 5.41) is 14.6. The van der Waals surface area contributed by atoms with Crippen LogP contribution < -0.4 is 0 Å². The molecule has 11 heavy (non-hydrogen) atoms. The zero-order valence-corrected chi connectivity index (χ0v) is 7.09. The third-order valence-corrected chi connectivity index (χ3v) is 2.33. The van der Waals surface area contributed by atoms with Crippen LogP contribution >= 0.6 is 0 Å². The van der Waals surface area contributed by atoms with E-state index in [1.54, 1.807) is 11.9 Å². The Morgan fingerprint density at radius 3 is 2.45 bits per heavy atom. The van der Waals surface area contributed by atoms with Crippen molar-refractivity contribution in [2.75, 3.05) is 7.05 Å². The standard InChI is InChI=1S/C8H15N3/c1-6-3-7(4-6)8(10)11(2)5-9/h5-7,9-10H,3-4H2,1-2H3. The van der Waals surface area contributed by atoms with Gasteiger partial charge < -0.3 is 4.90 Å². The fourth-order valence-electron chi connectivity index (χ4n) is 1.48. The zero-order chi connectivity index (χ0) is 8.43. The van der Waals surface area contributed by atoms with Gasteiger partial charge in [-0.25, -0.2) is 0 Å². The lowest BCUT2D eigenvalue weighted by molar-refractivity contribution is 0.269. The van der Waals surface area contributed by atoms with Crippen molar-refractivity contribution in [1.82, 2.24) is 4.90 Å². The smallest absolute Gasteiger partial charge is 0.104 e. The molecule has 0 heterocycles. The average molecular weight is 153 g/mol. The maximum atomic E-state index is 7.62. The fourth-order valence-corrected chi connectivity index (χ4v) is 1.48. The Balaban J connectivity index is 2.37. The first-order valence-electron chi connectivity index (χ1n) is 3.97. The van der Waals surface area contributed by atoms with Gasteiger partial charge in [-0.15, -0.1) is 0 Å². The molecule has 0 saturated heterocycles. The molecular formula is C8H15N3. The van der Waals surface area contributed by atoms with Crippen molar-refractivity contribution in [3.63, 3.8) is 0 Å². The molecule has 1 rings (SSSR count). The molecule has 0 aromatic heterocycles. The van der Waals surface area contributed by atoms with E-state index >= 15 is 0 Å². The van der Waals surface area contributed by atoms with Crippen molar-refractivity contribution in [3.8, 4) is 0 Å². The van der Waals surface area contributed by atoms with Crippen molar-refractivity contribution in [2.45, 2.75) is 19.8 Å². The summed E-state index contributed by atoms with van der Waals surface area (Å²) in [6, 6.07) is 0. The summed E-state index contributed by atoms with van der Waals surface area (Å²) in [4.78, 5) is 1.58. The molecule has 0 atom stereocenters. The van der Waals surface area contributed by atoms with Gasteiger partial charge in [0, 0.05) is 13.0 Å². The van der Waals surface area contributed by atoms with Gasteiger partial charge in [-0.3, -0.25) is 10.8 Å². The van der Waals surface area contributed by atoms with Crippen LogP contribution in [0.3, 0.4) is 0 Å². The van der Waals surface area contributed by atoms with Gasteiger partial charge in [0.25, 0.3) is 0 Å². The van der Waals surface area contributed by atoms with Crippen LogP contribution in [0.25, 0.3) is 0 Å². The van der Waals surface area contributed by atoms with Gasteiger partial charge in [0.1, 0.15) is 5.84 Å². The summed E-state index contributed by atoms with van der Waals surface area (Å²) in [6.45, 7) is 2.20. The molecule has 0 aromatic carbocycles. The van der Waals surface area contributed by atoms with E-state index in [9.17, 15) is 0 Å². The number of amidine groups is 1. The van der Waals surface area contributed by atoms with Gasteiger partial charge in [-0.05, 0) is 18.8 Å². The van der Waals surface area contributed by atoms with E-state index in [1.165, 1.54) is 6.34 Å². The summed E-state index contributed by atoms with van der Waals surface area (Å²) in [7, 11) is 1.76. The molecule has 0 aliphatic heterocycles. The van der Waals surface area contributed by atoms with Crippen LogP contribution in [0, 0.1) is 22.7 Å². The maximum absolute atomic E-state index is 7.62. The number of hydrogen-bond donors (Lipinski definition) is 2. The minimum absolute atomic E-state index is 0.414. The van der Waals surface area contributed by atoms with E-state index in [2.05, 4.69) is 6.92 Å². The molecule has 0 unspecified atom stereocenters. The fraction of sp³-hybridized carbons (Fsp3) is 0.750. The van der Waals surface area contributed by atoms with E-state index in [-0.39, 0.29) is 0 Å². The molecule has 2 N–H and O–H groups in total. The predicted molar refractivity (Wildman–Crippen MR) is 46.2 cm³/mol. The third kappa shape index (κ3) is 1.59. The van der Waals surface area contributed by atoms with Crippen LogP contribution in [0.2, 0.25) is 0 Å². The van der Waals surface area contributed by atoms with Gasteiger partial charge in [0.2, 0.25) is 0 Å². The number of rotatable bonds is 2. The molecule has 0 amide bonds. The molecular weight excluding hydrogens is 138 g/mol. The summed E-state index contributed by atoms with van der Waals surface area (Å²) >= 11 is 0. The van der Waals surface area contributed by atoms with Gasteiger partial charge in [0.05, 0.1) is 6.34 Å². The molecule has 1 saturated carbocycles. The molecule has 3 heteroatoms. The highest BCUT2D eigenvalue weighted by atomic mass is 15.1. The molecule has 0 aromatic rings. The Bertz CT molecular complexity index is 170. The van der Waals surface area contributed by atoms with Crippen molar-refractivity contribution in [3.05, 3.63) is 0 Å². The van der Waals surface area contributed by atoms with E-state index < -0.39 is 0 Å². The minimum atomic E-state index is 0.414. The number of hydrogen-bond acceptors (Lipinski definition) is 2. The third-order valence-electron chi connectivity index (χ3n) is 2.33. The molecule has 0 radical (unpaired) electrons. The van der Waals surface area contributed by atoms with E-state index in [0.717, 1.165) is 18.8 Å². The van der Waals surface area contributed by atoms with E-state index in [4.69, 9.17) is 10.8 Å². The topological polar surface area (TPSA) is 50.9 Å². The zero-order valence-electron chi connectivity index (χ0n) is 7.09. The predicted octanol–water partition coefficient (Wildman–Crippen LogP) is 1.55. The molecule has 1 fully saturated rings. The van der Waals surface area contributed by atoms with Gasteiger partial charge >= 0.3 is 0 Å². The molecule has 1 aliphatic carbocycles. The summed E-state index contributed by atoms with van der Waals surface area (Å²) in [5.41, 5.74) is 0. The average Bonchev–Trinajstić information content (AvgIpc) is 1.96. The van der Waals surface area contributed by atoms with E-state index in [1.807, 2.05) is 0 Å². The summed E-state index contributed by atoms with van der Waals surface area (Å²) in [5.74, 6) is 1.79. The Morgan fingerprint density at radius 2 is 2.09 bits per heavy atom. The van der Waals surface area contributed by atoms with Crippen LogP contribution in [-0.4, -0.2) is 24.1 Å². The molecule has 0 bridgehead atoms. The second-order valence-electron chi connectivity index (χ2n) is 3.40. The maximum Gasteiger partial charge on any atom is 0.104 e. The number of nitrogens with one attached hydrogen (secondary N) is 2. The minimum Gasteiger partial charge on any atom is -0.325 e. The highest BCUT2D eigenvalue weighted by Gasteiger charge is 2.30. The second kappa shape index (κ2) is 3.03. The van der Waals surface area contributed by atoms with Crippen molar-refractivity contribution in [1.29, 1.82) is 10.8 Å². The van der Waals surface area contributed by atoms with Crippen molar-refractivity contribution >= 4 is 12.2 Å². The first kappa shape index (κ1) is 8.24. The molecule has 1 aliphatic rings. The lowest BCUT2D eigenvalue weighted by Gasteiger charge is -2.35. The van der Waals surface area contributed by atoms with Crippen LogP contribution in [-0.2, 0) is 0 Å². The Morgan fingerprint density at radius 1 is 1.55 bits per heavy atom. The van der Waals surface area contributed by atoms with Crippen LogP contribution in [0.4, 0.5) is 0 Å². The SMILES string of the molecule is CC1CC(C(=N)N(C)C=N)C1. The second-order valence-corrected chi connectivity index (χ2v) is 3.40. The normalized spacial score (nSPS) is 28.9. The lowest BCUT2D eigenvalue weighted by atomic mass is 9.75. The quantitative estimate of drug-likeness (QED) is 0.459. The highest BCUT2D eigenvalue weighted by molar-refractivity contribution is 5.90. The van der Waals surface area contributed by atoms with Crippen molar-refractivity contribution in [2.24, 2.45) is 11.8 Å². The summed E-state index contributed by atoms with van der Waals surface area (Å²) in [6.07, 6.45) is 3.44. The lowest BCUT2D eigenvalue weighted by Crippen LogP contribution is -2.37. The van der Waals surface area contributed by atoms with Crippen LogP contribution in [0.15, 0.2) is 0 Å². The van der Waals surface area contributed by atoms with Gasteiger partial charge in [0.15, 0.2) is 0 Å². The summed E-state index contributed by atoms with van der Waals surface area (Å²) < 4.78 is 0. The van der Waals surface area contributed by atoms with Crippen LogP contribution in [0.5, 0.6) is 0 Å². The van der Waals surface area contributed by atoms with Gasteiger partial charge in [-0.2, -0.15) is 0 Å².